The van der Waals surface area contributed by atoms with Crippen molar-refractivity contribution < 1.29 is 14.3 Å². The molecule has 0 unspecified atom stereocenters. The van der Waals surface area contributed by atoms with Gasteiger partial charge >= 0.3 is 0 Å². The quantitative estimate of drug-likeness (QED) is 0.437. The minimum Gasteiger partial charge on any atom is -0.494 e. The van der Waals surface area contributed by atoms with Crippen LogP contribution in [0.25, 0.3) is 4.96 Å². The predicted molar refractivity (Wildman–Crippen MR) is 123 cm³/mol. The van der Waals surface area contributed by atoms with E-state index in [1.54, 1.807) is 48.5 Å². The fourth-order valence-electron chi connectivity index (χ4n) is 3.01. The molecule has 4 rings (SSSR count). The number of rotatable bonds is 8. The summed E-state index contributed by atoms with van der Waals surface area (Å²) in [4.78, 5) is 29.8. The first kappa shape index (κ1) is 21.5. The summed E-state index contributed by atoms with van der Waals surface area (Å²) in [6.07, 6.45) is 0.745. The van der Waals surface area contributed by atoms with Crippen molar-refractivity contribution in [2.75, 3.05) is 11.9 Å². The van der Waals surface area contributed by atoms with E-state index in [1.807, 2.05) is 13.8 Å². The third kappa shape index (κ3) is 4.94. The van der Waals surface area contributed by atoms with Crippen LogP contribution in [0.1, 0.15) is 34.9 Å². The summed E-state index contributed by atoms with van der Waals surface area (Å²) in [6, 6.07) is 15.4. The molecule has 0 aliphatic heterocycles. The minimum absolute atomic E-state index is 0.126. The highest BCUT2D eigenvalue weighted by molar-refractivity contribution is 7.16. The standard InChI is InChI=1S/C23H22N4O4S/c1-3-20-26-27-21(28)13-17(25-23(27)32-20)14-31-19-7-5-6-16(12-19)24-22(29)15-8-10-18(11-9-15)30-4-2/h5-13H,3-4,14H2,1-2H3,(H,24,29). The molecule has 1 N–H and O–H groups in total. The molecule has 0 saturated heterocycles. The summed E-state index contributed by atoms with van der Waals surface area (Å²) in [6.45, 7) is 4.58. The molecule has 2 aromatic heterocycles. The zero-order valence-electron chi connectivity index (χ0n) is 17.7. The normalized spacial score (nSPS) is 10.8. The van der Waals surface area contributed by atoms with Gasteiger partial charge in [0, 0.05) is 23.4 Å². The Morgan fingerprint density at radius 1 is 1.06 bits per heavy atom. The number of ether oxygens (including phenoxy) is 2. The number of carbonyl (C=O) groups is 1. The Hall–Kier alpha value is -3.72. The number of fused-ring (bicyclic) bond motifs is 1. The van der Waals surface area contributed by atoms with E-state index in [0.29, 0.717) is 34.3 Å². The van der Waals surface area contributed by atoms with Crippen molar-refractivity contribution in [1.29, 1.82) is 0 Å². The molecule has 0 radical (unpaired) electrons. The van der Waals surface area contributed by atoms with Crippen LogP contribution in [0.5, 0.6) is 11.5 Å². The summed E-state index contributed by atoms with van der Waals surface area (Å²) >= 11 is 1.39. The molecule has 2 aromatic carbocycles. The van der Waals surface area contributed by atoms with Gasteiger partial charge in [-0.2, -0.15) is 9.61 Å². The van der Waals surface area contributed by atoms with Crippen LogP contribution in [0.3, 0.4) is 0 Å². The minimum atomic E-state index is -0.235. The first-order chi connectivity index (χ1) is 15.6. The van der Waals surface area contributed by atoms with Crippen molar-refractivity contribution in [2.24, 2.45) is 0 Å². The van der Waals surface area contributed by atoms with Gasteiger partial charge in [-0.1, -0.05) is 24.3 Å². The smallest absolute Gasteiger partial charge is 0.275 e. The second-order valence-electron chi connectivity index (χ2n) is 6.86. The number of hydrogen-bond acceptors (Lipinski definition) is 7. The van der Waals surface area contributed by atoms with Gasteiger partial charge in [-0.25, -0.2) is 4.98 Å². The van der Waals surface area contributed by atoms with Gasteiger partial charge in [0.2, 0.25) is 4.96 Å². The number of hydrogen-bond donors (Lipinski definition) is 1. The van der Waals surface area contributed by atoms with E-state index in [1.165, 1.54) is 21.9 Å². The van der Waals surface area contributed by atoms with E-state index in [9.17, 15) is 9.59 Å². The van der Waals surface area contributed by atoms with Gasteiger partial charge in [-0.05, 0) is 49.7 Å². The molecule has 0 fully saturated rings. The maximum absolute atomic E-state index is 12.5. The molecule has 32 heavy (non-hydrogen) atoms. The van der Waals surface area contributed by atoms with Crippen LogP contribution in [0, 0.1) is 0 Å². The number of benzene rings is 2. The molecule has 0 atom stereocenters. The Morgan fingerprint density at radius 3 is 2.62 bits per heavy atom. The third-order valence-electron chi connectivity index (χ3n) is 4.55. The molecule has 2 heterocycles. The van der Waals surface area contributed by atoms with E-state index in [2.05, 4.69) is 15.4 Å². The molecule has 9 heteroatoms. The average Bonchev–Trinajstić information content (AvgIpc) is 3.23. The number of carbonyl (C=O) groups excluding carboxylic acids is 1. The van der Waals surface area contributed by atoms with Crippen molar-refractivity contribution in [1.82, 2.24) is 14.6 Å². The van der Waals surface area contributed by atoms with E-state index in [-0.39, 0.29) is 18.1 Å². The zero-order valence-corrected chi connectivity index (χ0v) is 18.5. The van der Waals surface area contributed by atoms with Crippen molar-refractivity contribution in [2.45, 2.75) is 26.9 Å². The number of aromatic nitrogens is 3. The Morgan fingerprint density at radius 2 is 1.88 bits per heavy atom. The Labute approximate surface area is 188 Å². The molecule has 0 saturated carbocycles. The van der Waals surface area contributed by atoms with Gasteiger partial charge in [0.15, 0.2) is 0 Å². The van der Waals surface area contributed by atoms with Crippen molar-refractivity contribution in [3.8, 4) is 11.5 Å². The summed E-state index contributed by atoms with van der Waals surface area (Å²) in [7, 11) is 0. The van der Waals surface area contributed by atoms with Crippen LogP contribution in [0.2, 0.25) is 0 Å². The number of nitrogens with one attached hydrogen (secondary N) is 1. The molecule has 4 aromatic rings. The molecule has 8 nitrogen and oxygen atoms in total. The van der Waals surface area contributed by atoms with Crippen LogP contribution < -0.4 is 20.3 Å². The van der Waals surface area contributed by atoms with Crippen LogP contribution >= 0.6 is 11.3 Å². The molecule has 0 bridgehead atoms. The monoisotopic (exact) mass is 450 g/mol. The van der Waals surface area contributed by atoms with E-state index < -0.39 is 0 Å². The van der Waals surface area contributed by atoms with Crippen molar-refractivity contribution in [3.05, 3.63) is 81.2 Å². The molecule has 0 aliphatic carbocycles. The molecular formula is C23H22N4O4S. The fourth-order valence-corrected chi connectivity index (χ4v) is 3.86. The average molecular weight is 451 g/mol. The topological polar surface area (TPSA) is 94.8 Å². The van der Waals surface area contributed by atoms with Crippen LogP contribution in [0.15, 0.2) is 59.4 Å². The largest absolute Gasteiger partial charge is 0.494 e. The second kappa shape index (κ2) is 9.61. The Bertz CT molecular complexity index is 1300. The van der Waals surface area contributed by atoms with Gasteiger partial charge < -0.3 is 14.8 Å². The summed E-state index contributed by atoms with van der Waals surface area (Å²) in [5, 5.41) is 7.95. The van der Waals surface area contributed by atoms with Gasteiger partial charge in [0.05, 0.1) is 12.3 Å². The van der Waals surface area contributed by atoms with E-state index >= 15 is 0 Å². The summed E-state index contributed by atoms with van der Waals surface area (Å²) in [5.74, 6) is 1.03. The van der Waals surface area contributed by atoms with Gasteiger partial charge in [-0.15, -0.1) is 0 Å². The van der Waals surface area contributed by atoms with E-state index in [4.69, 9.17) is 9.47 Å². The van der Waals surface area contributed by atoms with Crippen molar-refractivity contribution >= 4 is 27.9 Å². The van der Waals surface area contributed by atoms with Crippen LogP contribution in [0.4, 0.5) is 5.69 Å². The first-order valence-electron chi connectivity index (χ1n) is 10.2. The number of anilines is 1. The number of aryl methyl sites for hydroxylation is 1. The van der Waals surface area contributed by atoms with Gasteiger partial charge in [0.25, 0.3) is 11.5 Å². The predicted octanol–water partition coefficient (Wildman–Crippen LogP) is 3.94. The summed E-state index contributed by atoms with van der Waals surface area (Å²) < 4.78 is 12.5. The second-order valence-corrected chi connectivity index (χ2v) is 7.90. The molecule has 0 spiro atoms. The highest BCUT2D eigenvalue weighted by Gasteiger charge is 2.10. The Kier molecular flexibility index (Phi) is 6.46. The maximum Gasteiger partial charge on any atom is 0.275 e. The molecule has 1 amide bonds. The highest BCUT2D eigenvalue weighted by atomic mass is 32.1. The lowest BCUT2D eigenvalue weighted by atomic mass is 10.2. The van der Waals surface area contributed by atoms with E-state index in [0.717, 1.165) is 17.2 Å². The number of nitrogens with zero attached hydrogens (tertiary/aromatic N) is 3. The lowest BCUT2D eigenvalue weighted by Crippen LogP contribution is -2.16. The number of amides is 1. The van der Waals surface area contributed by atoms with Gasteiger partial charge in [-0.3, -0.25) is 9.59 Å². The lowest BCUT2D eigenvalue weighted by molar-refractivity contribution is 0.102. The lowest BCUT2D eigenvalue weighted by Gasteiger charge is -2.10. The SMILES string of the molecule is CCOc1ccc(C(=O)Nc2cccc(OCc3cc(=O)n4nc(CC)sc4n3)c2)cc1. The van der Waals surface area contributed by atoms with Gasteiger partial charge in [0.1, 0.15) is 23.1 Å². The van der Waals surface area contributed by atoms with Crippen molar-refractivity contribution in [3.63, 3.8) is 0 Å². The molecule has 0 aliphatic rings. The molecule has 164 valence electrons. The molecular weight excluding hydrogens is 428 g/mol. The summed E-state index contributed by atoms with van der Waals surface area (Å²) in [5.41, 5.74) is 1.40. The third-order valence-corrected chi connectivity index (χ3v) is 5.60. The Balaban J connectivity index is 1.42. The zero-order chi connectivity index (χ0) is 22.5. The highest BCUT2D eigenvalue weighted by Crippen LogP contribution is 2.20. The van der Waals surface area contributed by atoms with Crippen LogP contribution in [-0.4, -0.2) is 27.1 Å². The van der Waals surface area contributed by atoms with Crippen LogP contribution in [-0.2, 0) is 13.0 Å². The maximum atomic E-state index is 12.5. The first-order valence-corrected chi connectivity index (χ1v) is 11.0. The fraction of sp³-hybridized carbons (Fsp3) is 0.217.